The zero-order valence-corrected chi connectivity index (χ0v) is 13.2. The molecular formula is C16H16N2O6. The number of rotatable bonds is 4. The van der Waals surface area contributed by atoms with E-state index in [9.17, 15) is 19.7 Å². The van der Waals surface area contributed by atoms with Crippen LogP contribution in [0.1, 0.15) is 13.8 Å². The van der Waals surface area contributed by atoms with Crippen LogP contribution in [-0.4, -0.2) is 35.0 Å². The quantitative estimate of drug-likeness (QED) is 0.572. The largest absolute Gasteiger partial charge is 0.754 e. The van der Waals surface area contributed by atoms with Crippen LogP contribution in [0.15, 0.2) is 59.2 Å². The maximum atomic E-state index is 12.0. The van der Waals surface area contributed by atoms with Gasteiger partial charge in [0.25, 0.3) is 5.70 Å². The van der Waals surface area contributed by atoms with Crippen LogP contribution in [0.2, 0.25) is 0 Å². The Morgan fingerprint density at radius 2 is 1.67 bits per heavy atom. The molecule has 2 rings (SSSR count). The van der Waals surface area contributed by atoms with E-state index in [0.717, 1.165) is 12.4 Å². The van der Waals surface area contributed by atoms with Crippen molar-refractivity contribution in [3.63, 3.8) is 0 Å². The number of allylic oxidation sites excluding steroid dienone is 2. The molecule has 2 aliphatic heterocycles. The number of nitroso groups, excluding NO2 is 1. The molecule has 0 amide bonds. The molecule has 8 heteroatoms. The van der Waals surface area contributed by atoms with E-state index < -0.39 is 11.9 Å². The van der Waals surface area contributed by atoms with Gasteiger partial charge in [-0.1, -0.05) is 0 Å². The normalized spacial score (nSPS) is 19.8. The fourth-order valence-corrected chi connectivity index (χ4v) is 2.03. The van der Waals surface area contributed by atoms with E-state index >= 15 is 0 Å². The summed E-state index contributed by atoms with van der Waals surface area (Å²) in [6.45, 7) is 3.68. The Morgan fingerprint density at radius 1 is 1.08 bits per heavy atom. The van der Waals surface area contributed by atoms with Crippen LogP contribution in [0.5, 0.6) is 0 Å². The van der Waals surface area contributed by atoms with Gasteiger partial charge in [0.05, 0.1) is 29.1 Å². The highest BCUT2D eigenvalue weighted by molar-refractivity contribution is 5.93. The van der Waals surface area contributed by atoms with Crippen molar-refractivity contribution in [1.82, 2.24) is 5.06 Å². The van der Waals surface area contributed by atoms with Crippen LogP contribution in [-0.2, 0) is 19.1 Å². The molecule has 0 aromatic heterocycles. The maximum absolute atomic E-state index is 12.0. The second-order valence-corrected chi connectivity index (χ2v) is 4.69. The fourth-order valence-electron chi connectivity index (χ4n) is 2.03. The van der Waals surface area contributed by atoms with E-state index in [1.54, 1.807) is 13.8 Å². The van der Waals surface area contributed by atoms with Crippen molar-refractivity contribution in [2.24, 2.45) is 0 Å². The Hall–Kier alpha value is -3.00. The van der Waals surface area contributed by atoms with Gasteiger partial charge in [-0.05, 0) is 32.2 Å². The summed E-state index contributed by atoms with van der Waals surface area (Å²) in [6.07, 6.45) is 7.25. The van der Waals surface area contributed by atoms with Crippen LogP contribution in [0.3, 0.4) is 0 Å². The SMILES string of the molecule is CCOC(=O)C1=CC(=C2C=C(C(=O)OCC)C=C[N+]2=O)N([O-])C=C1. The maximum Gasteiger partial charge on any atom is 0.338 e. The molecule has 2 heterocycles. The Labute approximate surface area is 138 Å². The second-order valence-electron chi connectivity index (χ2n) is 4.69. The molecule has 2 aliphatic rings. The van der Waals surface area contributed by atoms with Gasteiger partial charge in [0, 0.05) is 17.1 Å². The highest BCUT2D eigenvalue weighted by atomic mass is 16.5. The number of nitrogens with zero attached hydrogens (tertiary/aromatic N) is 2. The molecule has 24 heavy (non-hydrogen) atoms. The minimum Gasteiger partial charge on any atom is -0.754 e. The van der Waals surface area contributed by atoms with E-state index in [-0.39, 0.29) is 35.8 Å². The first-order valence-electron chi connectivity index (χ1n) is 7.29. The number of esters is 2. The topological polar surface area (TPSA) is 99.0 Å². The molecule has 0 radical (unpaired) electrons. The molecule has 0 atom stereocenters. The van der Waals surface area contributed by atoms with Gasteiger partial charge in [-0.2, -0.15) is 0 Å². The van der Waals surface area contributed by atoms with Crippen molar-refractivity contribution in [2.75, 3.05) is 13.2 Å². The monoisotopic (exact) mass is 332 g/mol. The molecule has 0 aromatic rings. The van der Waals surface area contributed by atoms with Crippen molar-refractivity contribution in [2.45, 2.75) is 13.8 Å². The van der Waals surface area contributed by atoms with E-state index in [2.05, 4.69) is 0 Å². The van der Waals surface area contributed by atoms with Crippen molar-refractivity contribution >= 4 is 11.9 Å². The standard InChI is InChI=1S/C16H16N2O6/c1-3-23-15(19)11-5-7-17(21)13(9-11)14-10-12(6-8-18(14)22)16(20)24-4-2/h5-10H,3-4H2,1-2H3. The van der Waals surface area contributed by atoms with E-state index in [4.69, 9.17) is 9.47 Å². The van der Waals surface area contributed by atoms with Gasteiger partial charge in [-0.25, -0.2) is 9.59 Å². The van der Waals surface area contributed by atoms with Crippen LogP contribution in [0, 0.1) is 10.1 Å². The highest BCUT2D eigenvalue weighted by Crippen LogP contribution is 2.25. The van der Waals surface area contributed by atoms with Gasteiger partial charge in [0.15, 0.2) is 0 Å². The Kier molecular flexibility index (Phi) is 5.43. The molecule has 8 nitrogen and oxygen atoms in total. The predicted molar refractivity (Wildman–Crippen MR) is 83.6 cm³/mol. The fraction of sp³-hybridized carbons (Fsp3) is 0.250. The smallest absolute Gasteiger partial charge is 0.338 e. The van der Waals surface area contributed by atoms with Gasteiger partial charge < -0.3 is 19.7 Å². The first-order valence-corrected chi connectivity index (χ1v) is 7.29. The lowest BCUT2D eigenvalue weighted by atomic mass is 10.1. The number of hydroxylamine groups is 2. The molecule has 0 aromatic carbocycles. The third-order valence-electron chi connectivity index (χ3n) is 3.12. The zero-order chi connectivity index (χ0) is 17.7. The van der Waals surface area contributed by atoms with Crippen LogP contribution < -0.4 is 0 Å². The van der Waals surface area contributed by atoms with E-state index in [1.165, 1.54) is 24.3 Å². The second kappa shape index (κ2) is 7.51. The summed E-state index contributed by atoms with van der Waals surface area (Å²) in [7, 11) is 0. The van der Waals surface area contributed by atoms with Crippen LogP contribution in [0.25, 0.3) is 0 Å². The number of hydrogen-bond donors (Lipinski definition) is 0. The number of hydrogen-bond acceptors (Lipinski definition) is 7. The lowest BCUT2D eigenvalue weighted by molar-refractivity contribution is -0.421. The summed E-state index contributed by atoms with van der Waals surface area (Å²) in [5, 5.41) is 12.4. The Balaban J connectivity index is 2.45. The van der Waals surface area contributed by atoms with Crippen LogP contribution in [0.4, 0.5) is 0 Å². The predicted octanol–water partition coefficient (Wildman–Crippen LogP) is 1.81. The Bertz CT molecular complexity index is 727. The molecule has 0 spiro atoms. The van der Waals surface area contributed by atoms with E-state index in [1.807, 2.05) is 0 Å². The number of carbonyl (C=O) groups is 2. The molecule has 126 valence electrons. The van der Waals surface area contributed by atoms with Crippen molar-refractivity contribution in [3.8, 4) is 0 Å². The molecule has 0 bridgehead atoms. The van der Waals surface area contributed by atoms with E-state index in [0.29, 0.717) is 9.82 Å². The summed E-state index contributed by atoms with van der Waals surface area (Å²) < 4.78 is 10.2. The summed E-state index contributed by atoms with van der Waals surface area (Å²) >= 11 is 0. The number of carbonyl (C=O) groups excluding carboxylic acids is 2. The van der Waals surface area contributed by atoms with Gasteiger partial charge >= 0.3 is 11.9 Å². The average Bonchev–Trinajstić information content (AvgIpc) is 2.56. The van der Waals surface area contributed by atoms with Gasteiger partial charge in [-0.15, -0.1) is 0 Å². The molecule has 0 saturated carbocycles. The van der Waals surface area contributed by atoms with Gasteiger partial charge in [0.1, 0.15) is 5.70 Å². The molecule has 0 unspecified atom stereocenters. The molecule has 0 fully saturated rings. The minimum atomic E-state index is -0.613. The third-order valence-corrected chi connectivity index (χ3v) is 3.12. The summed E-state index contributed by atoms with van der Waals surface area (Å²) in [5.41, 5.74) is 0.0874. The van der Waals surface area contributed by atoms with Crippen molar-refractivity contribution < 1.29 is 23.8 Å². The minimum absolute atomic E-state index is 0.0818. The summed E-state index contributed by atoms with van der Waals surface area (Å²) in [4.78, 5) is 35.6. The third kappa shape index (κ3) is 3.66. The van der Waals surface area contributed by atoms with Gasteiger partial charge in [0.2, 0.25) is 6.20 Å². The zero-order valence-electron chi connectivity index (χ0n) is 13.2. The number of ether oxygens (including phenoxy) is 2. The lowest BCUT2D eigenvalue weighted by Crippen LogP contribution is -2.20. The average molecular weight is 332 g/mol. The molecule has 0 N–H and O–H groups in total. The molecule has 0 aliphatic carbocycles. The van der Waals surface area contributed by atoms with Crippen molar-refractivity contribution in [3.05, 3.63) is 69.4 Å². The summed E-state index contributed by atoms with van der Waals surface area (Å²) in [6, 6.07) is 0. The molecule has 0 saturated heterocycles. The van der Waals surface area contributed by atoms with Crippen molar-refractivity contribution in [1.29, 1.82) is 0 Å². The lowest BCUT2D eigenvalue weighted by Gasteiger charge is -2.29. The van der Waals surface area contributed by atoms with Crippen LogP contribution >= 0.6 is 0 Å². The first kappa shape index (κ1) is 17.4. The molecular weight excluding hydrogens is 316 g/mol. The first-order chi connectivity index (χ1) is 11.5. The van der Waals surface area contributed by atoms with Gasteiger partial charge in [-0.3, -0.25) is 0 Å². The Morgan fingerprint density at radius 3 is 2.25 bits per heavy atom. The highest BCUT2D eigenvalue weighted by Gasteiger charge is 2.28. The summed E-state index contributed by atoms with van der Waals surface area (Å²) in [5.74, 6) is -1.23.